The number of hydrogen-bond donors (Lipinski definition) is 4. The van der Waals surface area contributed by atoms with Gasteiger partial charge in [-0.15, -0.1) is 12.4 Å². The predicted molar refractivity (Wildman–Crippen MR) is 141 cm³/mol. The van der Waals surface area contributed by atoms with Crippen LogP contribution >= 0.6 is 12.4 Å². The molecule has 0 unspecified atom stereocenters. The minimum atomic E-state index is -0.931. The van der Waals surface area contributed by atoms with Crippen LogP contribution in [0.15, 0.2) is 17.1 Å². The van der Waals surface area contributed by atoms with Crippen molar-refractivity contribution in [3.05, 3.63) is 22.7 Å². The summed E-state index contributed by atoms with van der Waals surface area (Å²) in [5.41, 5.74) is 10.5. The van der Waals surface area contributed by atoms with E-state index in [4.69, 9.17) is 11.5 Å². The molecule has 4 rings (SSSR count). The van der Waals surface area contributed by atoms with Crippen molar-refractivity contribution in [3.63, 3.8) is 0 Å². The number of hydrogen-bond acceptors (Lipinski definition) is 7. The maximum Gasteiger partial charge on any atom is 0.349 e. The fourth-order valence-corrected chi connectivity index (χ4v) is 5.26. The number of nitrogens with one attached hydrogen (secondary N) is 2. The number of aromatic nitrogens is 2. The van der Waals surface area contributed by atoms with Crippen LogP contribution in [0.5, 0.6) is 0 Å². The second-order valence-electron chi connectivity index (χ2n) is 10.9. The molecule has 3 amide bonds. The number of amides is 3. The number of carbonyl (C=O) groups excluding carboxylic acids is 2. The van der Waals surface area contributed by atoms with E-state index in [0.29, 0.717) is 44.2 Å². The van der Waals surface area contributed by atoms with E-state index in [1.54, 1.807) is 40.5 Å². The Morgan fingerprint density at radius 1 is 1.08 bits per heavy atom. The van der Waals surface area contributed by atoms with Crippen LogP contribution in [0, 0.1) is 5.92 Å². The van der Waals surface area contributed by atoms with Gasteiger partial charge < -0.3 is 26.6 Å². The first-order chi connectivity index (χ1) is 16.6. The third-order valence-corrected chi connectivity index (χ3v) is 7.55. The van der Waals surface area contributed by atoms with Gasteiger partial charge in [0.2, 0.25) is 5.91 Å². The zero-order valence-corrected chi connectivity index (χ0v) is 22.1. The monoisotopic (exact) mass is 524 g/mol. The number of anilines is 1. The molecule has 0 radical (unpaired) electrons. The maximum atomic E-state index is 12.7. The number of piperazine rings is 1. The molecule has 2 aliphatic carbocycles. The van der Waals surface area contributed by atoms with Crippen LogP contribution < -0.4 is 27.8 Å². The molecule has 1 aromatic heterocycles. The number of nitrogens with zero attached hydrogens (tertiary/aromatic N) is 4. The normalized spacial score (nSPS) is 26.6. The average Bonchev–Trinajstić information content (AvgIpc) is 2.81. The summed E-state index contributed by atoms with van der Waals surface area (Å²) in [6.07, 6.45) is 7.95. The lowest BCUT2D eigenvalue weighted by atomic mass is 9.84. The van der Waals surface area contributed by atoms with E-state index < -0.39 is 5.54 Å². The molecule has 1 aromatic rings. The van der Waals surface area contributed by atoms with Crippen LogP contribution in [0.25, 0.3) is 0 Å². The summed E-state index contributed by atoms with van der Waals surface area (Å²) in [7, 11) is 0. The molecule has 0 spiro atoms. The second kappa shape index (κ2) is 11.9. The molecule has 3 aliphatic rings. The van der Waals surface area contributed by atoms with Gasteiger partial charge in [-0.25, -0.2) is 9.59 Å². The van der Waals surface area contributed by atoms with Gasteiger partial charge in [0.25, 0.3) is 0 Å². The fraction of sp³-hybridized carbons (Fsp3) is 0.750. The SMILES string of the molecule is CC(C)(N)C(=O)N1CCN(C(=O)Nc2ccn(C3CCC(CNC4CC(N)C4)CC3)c(=O)n2)CC1.Cl. The van der Waals surface area contributed by atoms with Gasteiger partial charge in [-0.3, -0.25) is 14.7 Å². The number of carbonyl (C=O) groups is 2. The van der Waals surface area contributed by atoms with Crippen molar-refractivity contribution in [1.82, 2.24) is 24.7 Å². The van der Waals surface area contributed by atoms with Crippen LogP contribution in [0.1, 0.15) is 58.4 Å². The van der Waals surface area contributed by atoms with Crippen molar-refractivity contribution in [2.45, 2.75) is 76.0 Å². The first kappa shape index (κ1) is 28.4. The molecular formula is C24H41ClN8O3. The van der Waals surface area contributed by atoms with E-state index in [-0.39, 0.29) is 41.9 Å². The molecule has 0 atom stereocenters. The van der Waals surface area contributed by atoms with Crippen molar-refractivity contribution in [2.24, 2.45) is 17.4 Å². The molecule has 11 nitrogen and oxygen atoms in total. The van der Waals surface area contributed by atoms with Crippen molar-refractivity contribution in [3.8, 4) is 0 Å². The largest absolute Gasteiger partial charge is 0.349 e. The predicted octanol–water partition coefficient (Wildman–Crippen LogP) is 0.889. The van der Waals surface area contributed by atoms with Gasteiger partial charge in [0.1, 0.15) is 5.82 Å². The third-order valence-electron chi connectivity index (χ3n) is 7.55. The highest BCUT2D eigenvalue weighted by molar-refractivity contribution is 5.89. The highest BCUT2D eigenvalue weighted by Crippen LogP contribution is 2.31. The van der Waals surface area contributed by atoms with E-state index >= 15 is 0 Å². The van der Waals surface area contributed by atoms with Gasteiger partial charge in [-0.2, -0.15) is 4.98 Å². The minimum absolute atomic E-state index is 0. The molecule has 202 valence electrons. The molecule has 1 aliphatic heterocycles. The first-order valence-electron chi connectivity index (χ1n) is 12.8. The number of rotatable bonds is 6. The standard InChI is InChI=1S/C24H40N8O3.ClH/c1-24(2,26)21(33)30-9-11-31(12-10-30)22(34)28-20-7-8-32(23(35)29-20)19-5-3-16(4-6-19)15-27-18-13-17(25)14-18;/h7-8,16-19,27H,3-6,9-15,25-26H2,1-2H3,(H,28,29,34,35);1H. The molecule has 2 heterocycles. The van der Waals surface area contributed by atoms with Gasteiger partial charge in [0.15, 0.2) is 0 Å². The Labute approximate surface area is 218 Å². The summed E-state index contributed by atoms with van der Waals surface area (Å²) in [5.74, 6) is 0.752. The molecular weight excluding hydrogens is 484 g/mol. The second-order valence-corrected chi connectivity index (χ2v) is 10.9. The smallest absolute Gasteiger partial charge is 0.338 e. The van der Waals surface area contributed by atoms with Crippen LogP contribution in [0.2, 0.25) is 0 Å². The Kier molecular flexibility index (Phi) is 9.37. The Bertz CT molecular complexity index is 959. The molecule has 36 heavy (non-hydrogen) atoms. The molecule has 12 heteroatoms. The summed E-state index contributed by atoms with van der Waals surface area (Å²) >= 11 is 0. The highest BCUT2D eigenvalue weighted by Gasteiger charge is 2.32. The van der Waals surface area contributed by atoms with Gasteiger partial charge >= 0.3 is 11.7 Å². The van der Waals surface area contributed by atoms with E-state index in [0.717, 1.165) is 45.1 Å². The third kappa shape index (κ3) is 6.96. The summed E-state index contributed by atoms with van der Waals surface area (Å²) in [6.45, 7) is 6.03. The van der Waals surface area contributed by atoms with Gasteiger partial charge in [-0.1, -0.05) is 0 Å². The average molecular weight is 525 g/mol. The van der Waals surface area contributed by atoms with Crippen LogP contribution in [-0.4, -0.2) is 81.6 Å². The van der Waals surface area contributed by atoms with Crippen LogP contribution in [0.4, 0.5) is 10.6 Å². The van der Waals surface area contributed by atoms with E-state index in [9.17, 15) is 14.4 Å². The maximum absolute atomic E-state index is 12.7. The molecule has 0 aromatic carbocycles. The fourth-order valence-electron chi connectivity index (χ4n) is 5.26. The lowest BCUT2D eigenvalue weighted by Gasteiger charge is -2.37. The Morgan fingerprint density at radius 3 is 2.25 bits per heavy atom. The Hall–Kier alpha value is -2.21. The quantitative estimate of drug-likeness (QED) is 0.431. The number of halogens is 1. The van der Waals surface area contributed by atoms with Gasteiger partial charge in [0, 0.05) is 50.5 Å². The van der Waals surface area contributed by atoms with E-state index in [1.807, 2.05) is 0 Å². The summed E-state index contributed by atoms with van der Waals surface area (Å²) in [4.78, 5) is 45.1. The highest BCUT2D eigenvalue weighted by atomic mass is 35.5. The lowest BCUT2D eigenvalue weighted by Crippen LogP contribution is -2.58. The van der Waals surface area contributed by atoms with Gasteiger partial charge in [0.05, 0.1) is 5.54 Å². The topological polar surface area (TPSA) is 152 Å². The van der Waals surface area contributed by atoms with Crippen molar-refractivity contribution in [2.75, 3.05) is 38.0 Å². The van der Waals surface area contributed by atoms with Crippen molar-refractivity contribution >= 4 is 30.2 Å². The zero-order valence-electron chi connectivity index (χ0n) is 21.3. The minimum Gasteiger partial charge on any atom is -0.338 e. The van der Waals surface area contributed by atoms with Crippen molar-refractivity contribution in [1.29, 1.82) is 0 Å². The van der Waals surface area contributed by atoms with Crippen molar-refractivity contribution < 1.29 is 9.59 Å². The lowest BCUT2D eigenvalue weighted by molar-refractivity contribution is -0.137. The Morgan fingerprint density at radius 2 is 1.69 bits per heavy atom. The molecule has 1 saturated heterocycles. The molecule has 2 saturated carbocycles. The Balaban J connectivity index is 0.00000361. The first-order valence-corrected chi connectivity index (χ1v) is 12.8. The van der Waals surface area contributed by atoms with Crippen LogP contribution in [0.3, 0.4) is 0 Å². The molecule has 0 bridgehead atoms. The molecule has 3 fully saturated rings. The summed E-state index contributed by atoms with van der Waals surface area (Å²) < 4.78 is 1.70. The zero-order chi connectivity index (χ0) is 25.2. The van der Waals surface area contributed by atoms with Crippen LogP contribution in [-0.2, 0) is 4.79 Å². The number of urea groups is 1. The van der Waals surface area contributed by atoms with Gasteiger partial charge in [-0.05, 0) is 70.9 Å². The summed E-state index contributed by atoms with van der Waals surface area (Å²) in [5, 5.41) is 6.34. The summed E-state index contributed by atoms with van der Waals surface area (Å²) in [6, 6.07) is 2.44. The van der Waals surface area contributed by atoms with E-state index in [1.165, 1.54) is 0 Å². The number of nitrogens with two attached hydrogens (primary N) is 2. The molecule has 6 N–H and O–H groups in total. The van der Waals surface area contributed by atoms with E-state index in [2.05, 4.69) is 15.6 Å².